The Morgan fingerprint density at radius 2 is 2.03 bits per heavy atom. The number of carbonyl (C=O) groups excluding carboxylic acids is 1. The van der Waals surface area contributed by atoms with Crippen LogP contribution < -0.4 is 10.9 Å². The number of nitrogens with one attached hydrogen (secondary N) is 1. The minimum absolute atomic E-state index is 0.0351. The number of aromatic nitrogens is 6. The van der Waals surface area contributed by atoms with Crippen LogP contribution in [-0.2, 0) is 12.1 Å². The smallest absolute Gasteiger partial charge is 0.289 e. The minimum Gasteiger partial charge on any atom is -0.340 e. The van der Waals surface area contributed by atoms with Gasteiger partial charge < -0.3 is 5.32 Å². The Morgan fingerprint density at radius 3 is 2.72 bits per heavy atom. The summed E-state index contributed by atoms with van der Waals surface area (Å²) < 4.78 is 18.7. The Bertz CT molecular complexity index is 1550. The van der Waals surface area contributed by atoms with Crippen molar-refractivity contribution in [2.24, 2.45) is 5.92 Å². The number of halogens is 1. The molecule has 3 aromatic heterocycles. The Kier molecular flexibility index (Phi) is 5.20. The summed E-state index contributed by atoms with van der Waals surface area (Å²) >= 11 is 0. The summed E-state index contributed by atoms with van der Waals surface area (Å²) in [6.45, 7) is 4.55. The first kappa shape index (κ1) is 22.5. The lowest BCUT2D eigenvalue weighted by molar-refractivity contribution is 0.0919. The second-order valence-corrected chi connectivity index (χ2v) is 10.1. The Hall–Kier alpha value is -3.95. The van der Waals surface area contributed by atoms with Gasteiger partial charge in [-0.05, 0) is 57.1 Å². The lowest BCUT2D eigenvalue weighted by Crippen LogP contribution is -2.36. The Morgan fingerprint density at radius 1 is 1.22 bits per heavy atom. The van der Waals surface area contributed by atoms with Crippen LogP contribution in [0.4, 0.5) is 4.39 Å². The number of hydrogen-bond donors (Lipinski definition) is 1. The van der Waals surface area contributed by atoms with Gasteiger partial charge in [-0.25, -0.2) is 24.0 Å². The molecule has 9 nitrogen and oxygen atoms in total. The molecule has 0 aliphatic heterocycles. The van der Waals surface area contributed by atoms with Crippen molar-refractivity contribution in [1.82, 2.24) is 34.6 Å². The molecule has 36 heavy (non-hydrogen) atoms. The molecule has 10 heteroatoms. The second-order valence-electron chi connectivity index (χ2n) is 10.1. The lowest BCUT2D eigenvalue weighted by Gasteiger charge is -2.19. The third kappa shape index (κ3) is 3.96. The number of benzene rings is 1. The van der Waals surface area contributed by atoms with Crippen molar-refractivity contribution >= 4 is 16.9 Å². The zero-order valence-electron chi connectivity index (χ0n) is 20.1. The molecule has 2 fully saturated rings. The molecule has 0 saturated heterocycles. The number of amides is 1. The molecule has 0 unspecified atom stereocenters. The predicted molar refractivity (Wildman–Crippen MR) is 131 cm³/mol. The van der Waals surface area contributed by atoms with Crippen LogP contribution >= 0.6 is 0 Å². The van der Waals surface area contributed by atoms with Gasteiger partial charge in [0.25, 0.3) is 11.5 Å². The van der Waals surface area contributed by atoms with Crippen molar-refractivity contribution in [2.45, 2.75) is 57.7 Å². The molecule has 0 bridgehead atoms. The van der Waals surface area contributed by atoms with Crippen LogP contribution in [0.3, 0.4) is 0 Å². The van der Waals surface area contributed by atoms with E-state index in [1.165, 1.54) is 36.0 Å². The summed E-state index contributed by atoms with van der Waals surface area (Å²) in [7, 11) is 0. The van der Waals surface area contributed by atoms with Gasteiger partial charge in [0.15, 0.2) is 5.65 Å². The average molecular weight is 488 g/mol. The zero-order chi connectivity index (χ0) is 25.0. The van der Waals surface area contributed by atoms with Gasteiger partial charge in [-0.3, -0.25) is 14.2 Å². The summed E-state index contributed by atoms with van der Waals surface area (Å²) in [4.78, 5) is 38.7. The summed E-state index contributed by atoms with van der Waals surface area (Å²) in [5.41, 5.74) is 0.742. The molecule has 0 radical (unpaired) electrons. The van der Waals surface area contributed by atoms with E-state index in [1.807, 2.05) is 18.5 Å². The highest BCUT2D eigenvalue weighted by molar-refractivity contribution is 5.93. The molecule has 1 aromatic carbocycles. The summed E-state index contributed by atoms with van der Waals surface area (Å²) in [5.74, 6) is -0.290. The van der Waals surface area contributed by atoms with E-state index in [2.05, 4.69) is 25.4 Å². The van der Waals surface area contributed by atoms with Gasteiger partial charge in [-0.2, -0.15) is 5.10 Å². The van der Waals surface area contributed by atoms with Gasteiger partial charge in [-0.15, -0.1) is 0 Å². The average Bonchev–Trinajstić information content (AvgIpc) is 3.78. The van der Waals surface area contributed by atoms with E-state index in [0.717, 1.165) is 11.9 Å². The van der Waals surface area contributed by atoms with Gasteiger partial charge >= 0.3 is 0 Å². The zero-order valence-corrected chi connectivity index (χ0v) is 20.1. The van der Waals surface area contributed by atoms with E-state index in [0.29, 0.717) is 41.1 Å². The van der Waals surface area contributed by atoms with Crippen molar-refractivity contribution in [3.8, 4) is 11.1 Å². The van der Waals surface area contributed by atoms with E-state index in [-0.39, 0.29) is 17.4 Å². The highest BCUT2D eigenvalue weighted by atomic mass is 19.1. The number of fused-ring (bicyclic) bond motifs is 1. The maximum absolute atomic E-state index is 15.3. The molecule has 1 amide bonds. The molecular formula is C26H26FN7O2. The van der Waals surface area contributed by atoms with Crippen LogP contribution in [-0.4, -0.2) is 35.2 Å². The molecule has 2 saturated carbocycles. The summed E-state index contributed by atoms with van der Waals surface area (Å²) in [6.07, 6.45) is 9.80. The van der Waals surface area contributed by atoms with E-state index < -0.39 is 17.3 Å². The van der Waals surface area contributed by atoms with Crippen molar-refractivity contribution in [3.63, 3.8) is 0 Å². The topological polar surface area (TPSA) is 108 Å². The fraction of sp³-hybridized carbons (Fsp3) is 0.385. The largest absolute Gasteiger partial charge is 0.340 e. The van der Waals surface area contributed by atoms with Gasteiger partial charge in [0.2, 0.25) is 5.82 Å². The monoisotopic (exact) mass is 487 g/mol. The Balaban J connectivity index is 1.26. The highest BCUT2D eigenvalue weighted by Crippen LogP contribution is 2.47. The number of carbonyl (C=O) groups is 1. The first-order valence-electron chi connectivity index (χ1n) is 12.2. The first-order chi connectivity index (χ1) is 17.3. The van der Waals surface area contributed by atoms with Crippen LogP contribution in [0.1, 0.15) is 61.8 Å². The van der Waals surface area contributed by atoms with Crippen LogP contribution in [0.25, 0.3) is 22.2 Å². The first-order valence-corrected chi connectivity index (χ1v) is 12.2. The molecule has 6 rings (SSSR count). The van der Waals surface area contributed by atoms with Crippen LogP contribution in [0.15, 0.2) is 47.9 Å². The maximum atomic E-state index is 15.3. The quantitative estimate of drug-likeness (QED) is 0.427. The van der Waals surface area contributed by atoms with Gasteiger partial charge in [-0.1, -0.05) is 12.1 Å². The van der Waals surface area contributed by atoms with E-state index in [4.69, 9.17) is 0 Å². The third-order valence-electron chi connectivity index (χ3n) is 7.02. The fourth-order valence-corrected chi connectivity index (χ4v) is 4.58. The second kappa shape index (κ2) is 8.32. The van der Waals surface area contributed by atoms with Crippen molar-refractivity contribution < 1.29 is 9.18 Å². The predicted octanol–water partition coefficient (Wildman–Crippen LogP) is 3.60. The number of hydrogen-bond acceptors (Lipinski definition) is 6. The fourth-order valence-electron chi connectivity index (χ4n) is 4.58. The maximum Gasteiger partial charge on any atom is 0.289 e. The summed E-state index contributed by atoms with van der Waals surface area (Å²) in [6, 6.07) is 4.61. The molecule has 0 atom stereocenters. The third-order valence-corrected chi connectivity index (χ3v) is 7.02. The van der Waals surface area contributed by atoms with Crippen molar-refractivity contribution in [1.29, 1.82) is 0 Å². The Labute approximate surface area is 206 Å². The number of nitrogens with zero attached hydrogens (tertiary/aromatic N) is 6. The molecule has 1 N–H and O–H groups in total. The number of rotatable bonds is 7. The van der Waals surface area contributed by atoms with E-state index in [1.54, 1.807) is 24.5 Å². The SMILES string of the molecule is CC(C)n1cncc(-c2ccc(C3(NC(=O)c4ncc5cnn(CC6CC6)c5n4)CC3)c(F)c2)c1=O. The normalized spacial score (nSPS) is 16.4. The molecule has 4 aromatic rings. The molecule has 3 heterocycles. The van der Waals surface area contributed by atoms with Gasteiger partial charge in [0, 0.05) is 30.5 Å². The van der Waals surface area contributed by atoms with Crippen molar-refractivity contribution in [3.05, 3.63) is 70.7 Å². The molecule has 2 aliphatic rings. The molecular weight excluding hydrogens is 461 g/mol. The standard InChI is InChI=1S/C26H26FN7O2/c1-15(2)33-14-28-12-19(25(33)36)17-5-6-20(21(27)9-17)26(7-8-26)32-24(35)22-29-10-18-11-30-34(23(18)31-22)13-16-3-4-16/h5-6,9-12,14-16H,3-4,7-8,13H2,1-2H3,(H,32,35). The van der Waals surface area contributed by atoms with E-state index >= 15 is 4.39 Å². The van der Waals surface area contributed by atoms with Crippen LogP contribution in [0.5, 0.6) is 0 Å². The minimum atomic E-state index is -0.820. The van der Waals surface area contributed by atoms with Crippen molar-refractivity contribution in [2.75, 3.05) is 0 Å². The molecule has 2 aliphatic carbocycles. The van der Waals surface area contributed by atoms with Gasteiger partial charge in [0.05, 0.1) is 29.0 Å². The molecule has 0 spiro atoms. The van der Waals surface area contributed by atoms with E-state index in [9.17, 15) is 9.59 Å². The van der Waals surface area contributed by atoms with Crippen LogP contribution in [0.2, 0.25) is 0 Å². The lowest BCUT2D eigenvalue weighted by atomic mass is 9.99. The van der Waals surface area contributed by atoms with Crippen LogP contribution in [0, 0.1) is 11.7 Å². The highest BCUT2D eigenvalue weighted by Gasteiger charge is 2.48. The molecule has 184 valence electrons. The summed E-state index contributed by atoms with van der Waals surface area (Å²) in [5, 5.41) is 8.11. The van der Waals surface area contributed by atoms with Gasteiger partial charge in [0.1, 0.15) is 5.82 Å².